The Bertz CT molecular complexity index is 153. The topological polar surface area (TPSA) is 90.0 Å². The Labute approximate surface area is 79.0 Å². The summed E-state index contributed by atoms with van der Waals surface area (Å²) in [6.07, 6.45) is -1.52. The molecule has 13 heavy (non-hydrogen) atoms. The lowest BCUT2D eigenvalue weighted by atomic mass is 10.3. The van der Waals surface area contributed by atoms with E-state index in [4.69, 9.17) is 19.4 Å². The van der Waals surface area contributed by atoms with Crippen LogP contribution in [0.15, 0.2) is 0 Å². The summed E-state index contributed by atoms with van der Waals surface area (Å²) in [7, 11) is -3.39. The van der Waals surface area contributed by atoms with Crippen molar-refractivity contribution in [1.29, 1.82) is 0 Å². The molecule has 0 fully saturated rings. The molecule has 5 nitrogen and oxygen atoms in total. The molecule has 0 amide bonds. The van der Waals surface area contributed by atoms with Crippen molar-refractivity contribution in [2.45, 2.75) is 26.1 Å². The summed E-state index contributed by atoms with van der Waals surface area (Å²) in [4.78, 5) is 0. The Hall–Kier alpha value is 0.0800. The first kappa shape index (κ1) is 13.1. The third-order valence-electron chi connectivity index (χ3n) is 1.50. The number of aliphatic hydroxyl groups is 1. The van der Waals surface area contributed by atoms with Gasteiger partial charge in [0.1, 0.15) is 6.17 Å². The Balaban J connectivity index is 4.28. The lowest BCUT2D eigenvalue weighted by molar-refractivity contribution is 0.143. The number of nitrogens with two attached hydrogens (primary N) is 1. The smallest absolute Gasteiger partial charge is 0.137 e. The molecule has 0 aromatic carbocycles. The van der Waals surface area contributed by atoms with Crippen LogP contribution in [0.25, 0.3) is 0 Å². The Morgan fingerprint density at radius 2 is 1.92 bits per heavy atom. The Morgan fingerprint density at radius 1 is 1.46 bits per heavy atom. The van der Waals surface area contributed by atoms with Crippen molar-refractivity contribution in [2.24, 2.45) is 5.14 Å². The van der Waals surface area contributed by atoms with Gasteiger partial charge in [-0.2, -0.15) is 4.31 Å². The van der Waals surface area contributed by atoms with E-state index in [0.717, 1.165) is 4.31 Å². The summed E-state index contributed by atoms with van der Waals surface area (Å²) in [6.45, 7) is 2.38. The van der Waals surface area contributed by atoms with Gasteiger partial charge in [0.2, 0.25) is 0 Å². The molecule has 0 saturated heterocycles. The molecule has 82 valence electrons. The highest BCUT2D eigenvalue weighted by atomic mass is 32.3. The van der Waals surface area contributed by atoms with Gasteiger partial charge >= 0.3 is 0 Å². The van der Waals surface area contributed by atoms with Crippen LogP contribution in [-0.4, -0.2) is 43.9 Å². The van der Waals surface area contributed by atoms with Crippen LogP contribution < -0.4 is 5.14 Å². The minimum Gasteiger partial charge on any atom is -0.393 e. The molecule has 0 rings (SSSR count). The van der Waals surface area contributed by atoms with E-state index >= 15 is 0 Å². The number of alkyl halides is 1. The zero-order chi connectivity index (χ0) is 10.6. The van der Waals surface area contributed by atoms with Crippen LogP contribution in [0.4, 0.5) is 4.39 Å². The molecule has 0 saturated carbocycles. The van der Waals surface area contributed by atoms with Crippen LogP contribution in [0.1, 0.15) is 13.8 Å². The summed E-state index contributed by atoms with van der Waals surface area (Å²) in [6, 6.07) is -0.292. The molecule has 7 heteroatoms. The highest BCUT2D eigenvalue weighted by Crippen LogP contribution is 2.36. The summed E-state index contributed by atoms with van der Waals surface area (Å²) in [5, 5.41) is 13.5. The zero-order valence-electron chi connectivity index (χ0n) is 7.72. The van der Waals surface area contributed by atoms with Gasteiger partial charge in [-0.1, -0.05) is 11.0 Å². The fourth-order valence-corrected chi connectivity index (χ4v) is 1.89. The SMILES string of the molecule is CC(C)N(CC(F)CO)S(N)(O)O. The predicted octanol–water partition coefficient (Wildman–Crippen LogP) is 0.567. The summed E-state index contributed by atoms with van der Waals surface area (Å²) in [5.74, 6) is 0. The number of halogens is 1. The normalized spacial score (nSPS) is 16.7. The van der Waals surface area contributed by atoms with Gasteiger partial charge < -0.3 is 5.11 Å². The second-order valence-corrected chi connectivity index (χ2v) is 4.63. The van der Waals surface area contributed by atoms with Crippen LogP contribution in [0.5, 0.6) is 0 Å². The lowest BCUT2D eigenvalue weighted by Gasteiger charge is -2.41. The van der Waals surface area contributed by atoms with E-state index in [2.05, 4.69) is 0 Å². The minimum absolute atomic E-state index is 0.285. The van der Waals surface area contributed by atoms with Crippen LogP contribution in [-0.2, 0) is 0 Å². The van der Waals surface area contributed by atoms with E-state index < -0.39 is 23.7 Å². The van der Waals surface area contributed by atoms with Crippen LogP contribution in [0.3, 0.4) is 0 Å². The molecule has 0 aliphatic rings. The standard InChI is InChI=1S/C6H17FN2O3S/c1-5(2)9(13(8,11)12)3-6(7)4-10/h5-6,10-12H,3-4,8H2,1-2H3. The molecule has 0 aromatic heterocycles. The van der Waals surface area contributed by atoms with E-state index in [0.29, 0.717) is 0 Å². The summed E-state index contributed by atoms with van der Waals surface area (Å²) in [5.41, 5.74) is 0. The number of hydrogen-bond donors (Lipinski definition) is 4. The summed E-state index contributed by atoms with van der Waals surface area (Å²) < 4.78 is 31.9. The van der Waals surface area contributed by atoms with E-state index in [-0.39, 0.29) is 12.6 Å². The van der Waals surface area contributed by atoms with Gasteiger partial charge in [-0.3, -0.25) is 9.11 Å². The Kier molecular flexibility index (Phi) is 5.11. The van der Waals surface area contributed by atoms with E-state index in [1.54, 1.807) is 13.8 Å². The molecule has 0 spiro atoms. The first-order valence-corrected chi connectivity index (χ1v) is 5.43. The number of hydrogen-bond acceptors (Lipinski definition) is 5. The maximum absolute atomic E-state index is 12.7. The van der Waals surface area contributed by atoms with E-state index in [1.807, 2.05) is 0 Å². The van der Waals surface area contributed by atoms with Gasteiger partial charge in [-0.25, -0.2) is 9.53 Å². The molecular weight excluding hydrogens is 199 g/mol. The van der Waals surface area contributed by atoms with Gasteiger partial charge in [-0.15, -0.1) is 0 Å². The monoisotopic (exact) mass is 216 g/mol. The van der Waals surface area contributed by atoms with Gasteiger partial charge in [-0.05, 0) is 13.8 Å². The molecule has 0 aliphatic heterocycles. The molecule has 0 aliphatic carbocycles. The van der Waals surface area contributed by atoms with Crippen molar-refractivity contribution in [2.75, 3.05) is 13.2 Å². The average molecular weight is 216 g/mol. The van der Waals surface area contributed by atoms with Crippen LogP contribution >= 0.6 is 11.0 Å². The minimum atomic E-state index is -3.39. The highest BCUT2D eigenvalue weighted by Gasteiger charge is 2.24. The second kappa shape index (κ2) is 5.08. The van der Waals surface area contributed by atoms with Gasteiger partial charge in [0.15, 0.2) is 0 Å². The van der Waals surface area contributed by atoms with Crippen LogP contribution in [0.2, 0.25) is 0 Å². The van der Waals surface area contributed by atoms with E-state index in [9.17, 15) is 4.39 Å². The fraction of sp³-hybridized carbons (Fsp3) is 1.00. The lowest BCUT2D eigenvalue weighted by Crippen LogP contribution is -2.42. The maximum Gasteiger partial charge on any atom is 0.137 e. The quantitative estimate of drug-likeness (QED) is 0.539. The second-order valence-electron chi connectivity index (χ2n) is 3.03. The van der Waals surface area contributed by atoms with Crippen molar-refractivity contribution >= 4 is 11.0 Å². The molecule has 0 radical (unpaired) electrons. The number of aliphatic hydroxyl groups excluding tert-OH is 1. The Morgan fingerprint density at radius 3 is 2.15 bits per heavy atom. The van der Waals surface area contributed by atoms with Crippen molar-refractivity contribution in [3.05, 3.63) is 0 Å². The van der Waals surface area contributed by atoms with Crippen molar-refractivity contribution < 1.29 is 18.6 Å². The zero-order valence-corrected chi connectivity index (χ0v) is 8.54. The third kappa shape index (κ3) is 4.75. The molecule has 1 unspecified atom stereocenters. The third-order valence-corrected chi connectivity index (χ3v) is 2.76. The highest BCUT2D eigenvalue weighted by molar-refractivity contribution is 8.20. The van der Waals surface area contributed by atoms with Crippen molar-refractivity contribution in [3.8, 4) is 0 Å². The average Bonchev–Trinajstić information content (AvgIpc) is 1.96. The molecule has 5 N–H and O–H groups in total. The van der Waals surface area contributed by atoms with Gasteiger partial charge in [0.25, 0.3) is 0 Å². The summed E-state index contributed by atoms with van der Waals surface area (Å²) >= 11 is 0. The molecular formula is C6H17FN2O3S. The van der Waals surface area contributed by atoms with Gasteiger partial charge in [0, 0.05) is 6.04 Å². The maximum atomic E-state index is 12.7. The molecule has 0 bridgehead atoms. The van der Waals surface area contributed by atoms with E-state index in [1.165, 1.54) is 0 Å². The largest absolute Gasteiger partial charge is 0.393 e. The fourth-order valence-electron chi connectivity index (χ4n) is 0.884. The first-order chi connectivity index (χ1) is 5.79. The molecule has 0 heterocycles. The van der Waals surface area contributed by atoms with Crippen molar-refractivity contribution in [1.82, 2.24) is 4.31 Å². The van der Waals surface area contributed by atoms with Gasteiger partial charge in [0.05, 0.1) is 13.2 Å². The van der Waals surface area contributed by atoms with Crippen LogP contribution in [0, 0.1) is 0 Å². The number of nitrogens with zero attached hydrogens (tertiary/aromatic N) is 1. The van der Waals surface area contributed by atoms with Crippen molar-refractivity contribution in [3.63, 3.8) is 0 Å². The molecule has 1 atom stereocenters. The first-order valence-electron chi connectivity index (χ1n) is 3.86. The molecule has 0 aromatic rings. The predicted molar refractivity (Wildman–Crippen MR) is 50.9 cm³/mol. The number of rotatable bonds is 5.